The van der Waals surface area contributed by atoms with Crippen molar-refractivity contribution in [2.75, 3.05) is 5.32 Å². The number of aromatic hydroxyl groups is 1. The number of aromatic nitrogens is 1. The molecular formula is C23H19N3O4S. The molecule has 3 rings (SSSR count). The molecule has 0 aliphatic carbocycles. The van der Waals surface area contributed by atoms with Gasteiger partial charge >= 0.3 is 0 Å². The van der Waals surface area contributed by atoms with Crippen molar-refractivity contribution in [3.8, 4) is 17.6 Å². The fourth-order valence-electron chi connectivity index (χ4n) is 2.61. The lowest BCUT2D eigenvalue weighted by atomic mass is 10.1. The van der Waals surface area contributed by atoms with Gasteiger partial charge in [0.05, 0.1) is 20.2 Å². The standard InChI is InChI=1S/C23H19N3O4S/c1-16(27)25-20-6-4-8-22(13-20)31(2,30)26-23(29)19-11-18(14-24-15-19)10-9-17-5-3-7-21(28)12-17/h3-8,11-15,28H,2H2,1H3,(H,25,27)(H,26,29,30). The van der Waals surface area contributed by atoms with Crippen LogP contribution in [0.5, 0.6) is 5.75 Å². The van der Waals surface area contributed by atoms with E-state index < -0.39 is 15.6 Å². The van der Waals surface area contributed by atoms with Crippen LogP contribution in [0.25, 0.3) is 0 Å². The van der Waals surface area contributed by atoms with E-state index in [2.05, 4.69) is 32.7 Å². The first-order valence-corrected chi connectivity index (χ1v) is 10.8. The minimum atomic E-state index is -3.18. The SMILES string of the molecule is C=S(=O)(NC(=O)c1cncc(C#Cc2cccc(O)c2)c1)c1cccc(NC(C)=O)c1. The van der Waals surface area contributed by atoms with Crippen LogP contribution in [0.2, 0.25) is 0 Å². The number of carbonyl (C=O) groups is 2. The number of benzene rings is 2. The fourth-order valence-corrected chi connectivity index (χ4v) is 3.76. The largest absolute Gasteiger partial charge is 0.508 e. The molecular weight excluding hydrogens is 414 g/mol. The molecule has 1 heterocycles. The van der Waals surface area contributed by atoms with Gasteiger partial charge < -0.3 is 10.4 Å². The number of hydrogen-bond donors (Lipinski definition) is 3. The maximum absolute atomic E-state index is 13.0. The smallest absolute Gasteiger partial charge is 0.264 e. The highest BCUT2D eigenvalue weighted by Crippen LogP contribution is 2.16. The van der Waals surface area contributed by atoms with Crippen LogP contribution in [0.1, 0.15) is 28.4 Å². The molecule has 1 unspecified atom stereocenters. The maximum atomic E-state index is 13.0. The minimum Gasteiger partial charge on any atom is -0.508 e. The van der Waals surface area contributed by atoms with Crippen LogP contribution in [0.4, 0.5) is 5.69 Å². The van der Waals surface area contributed by atoms with E-state index in [1.165, 1.54) is 37.5 Å². The Labute approximate surface area is 180 Å². The first-order valence-electron chi connectivity index (χ1n) is 9.06. The highest BCUT2D eigenvalue weighted by Gasteiger charge is 2.15. The van der Waals surface area contributed by atoms with Crippen molar-refractivity contribution in [1.29, 1.82) is 0 Å². The van der Waals surface area contributed by atoms with Crippen molar-refractivity contribution in [3.63, 3.8) is 0 Å². The Morgan fingerprint density at radius 3 is 2.52 bits per heavy atom. The van der Waals surface area contributed by atoms with E-state index in [1.807, 2.05) is 0 Å². The number of phenols is 1. The van der Waals surface area contributed by atoms with E-state index in [0.717, 1.165) is 0 Å². The molecule has 3 N–H and O–H groups in total. The van der Waals surface area contributed by atoms with Gasteiger partial charge in [0.25, 0.3) is 5.91 Å². The van der Waals surface area contributed by atoms with Gasteiger partial charge in [0.1, 0.15) is 5.75 Å². The third-order valence-electron chi connectivity index (χ3n) is 3.99. The Bertz CT molecular complexity index is 1320. The molecule has 1 aromatic heterocycles. The Kier molecular flexibility index (Phi) is 6.38. The zero-order valence-electron chi connectivity index (χ0n) is 16.6. The molecule has 0 aliphatic rings. The number of pyridine rings is 1. The second-order valence-electron chi connectivity index (χ2n) is 6.58. The van der Waals surface area contributed by atoms with Crippen molar-refractivity contribution in [3.05, 3.63) is 83.7 Å². The third-order valence-corrected chi connectivity index (χ3v) is 5.52. The van der Waals surface area contributed by atoms with Crippen molar-refractivity contribution < 1.29 is 18.9 Å². The lowest BCUT2D eigenvalue weighted by Crippen LogP contribution is -2.30. The number of phenolic OH excluding ortho intramolecular Hbond substituents is 1. The monoisotopic (exact) mass is 433 g/mol. The van der Waals surface area contributed by atoms with Crippen molar-refractivity contribution in [1.82, 2.24) is 9.71 Å². The van der Waals surface area contributed by atoms with Gasteiger partial charge in [-0.3, -0.25) is 19.3 Å². The number of nitrogens with one attached hydrogen (secondary N) is 2. The number of hydrogen-bond acceptors (Lipinski definition) is 5. The summed E-state index contributed by atoms with van der Waals surface area (Å²) in [6.07, 6.45) is 2.82. The molecule has 7 nitrogen and oxygen atoms in total. The fraction of sp³-hybridized carbons (Fsp3) is 0.0435. The number of nitrogens with zero attached hydrogens (tertiary/aromatic N) is 1. The highest BCUT2D eigenvalue weighted by molar-refractivity contribution is 7.99. The summed E-state index contributed by atoms with van der Waals surface area (Å²) in [6.45, 7) is 1.36. The lowest BCUT2D eigenvalue weighted by Gasteiger charge is -2.13. The highest BCUT2D eigenvalue weighted by atomic mass is 32.2. The predicted octanol–water partition coefficient (Wildman–Crippen LogP) is 2.57. The van der Waals surface area contributed by atoms with Gasteiger partial charge in [-0.1, -0.05) is 24.0 Å². The van der Waals surface area contributed by atoms with Gasteiger partial charge in [0, 0.05) is 36.1 Å². The van der Waals surface area contributed by atoms with Crippen molar-refractivity contribution >= 4 is 33.1 Å². The lowest BCUT2D eigenvalue weighted by molar-refractivity contribution is -0.114. The van der Waals surface area contributed by atoms with Crippen molar-refractivity contribution in [2.45, 2.75) is 11.8 Å². The molecule has 0 aliphatic heterocycles. The molecule has 1 atom stereocenters. The average molecular weight is 433 g/mol. The number of carbonyl (C=O) groups excluding carboxylic acids is 2. The second-order valence-corrected chi connectivity index (χ2v) is 8.60. The van der Waals surface area contributed by atoms with E-state index in [1.54, 1.807) is 36.4 Å². The third kappa shape index (κ3) is 5.95. The zero-order chi connectivity index (χ0) is 22.4. The summed E-state index contributed by atoms with van der Waals surface area (Å²) < 4.78 is 15.4. The Morgan fingerprint density at radius 1 is 1.03 bits per heavy atom. The molecule has 0 spiro atoms. The first-order chi connectivity index (χ1) is 14.7. The predicted molar refractivity (Wildman–Crippen MR) is 120 cm³/mol. The summed E-state index contributed by atoms with van der Waals surface area (Å²) in [6, 6.07) is 14.3. The summed E-state index contributed by atoms with van der Waals surface area (Å²) in [5, 5.41) is 12.1. The van der Waals surface area contributed by atoms with Crippen LogP contribution >= 0.6 is 0 Å². The Hall–Kier alpha value is -4.09. The first kappa shape index (κ1) is 21.6. The molecule has 2 aromatic carbocycles. The molecule has 0 saturated heterocycles. The average Bonchev–Trinajstić information content (AvgIpc) is 2.72. The van der Waals surface area contributed by atoms with Gasteiger partial charge in [0.15, 0.2) is 0 Å². The molecule has 0 radical (unpaired) electrons. The van der Waals surface area contributed by atoms with Crippen LogP contribution in [0.3, 0.4) is 0 Å². The normalized spacial score (nSPS) is 12.0. The van der Waals surface area contributed by atoms with Gasteiger partial charge in [-0.15, -0.1) is 0 Å². The molecule has 0 bridgehead atoms. The van der Waals surface area contributed by atoms with Crippen LogP contribution in [0.15, 0.2) is 71.9 Å². The van der Waals surface area contributed by atoms with Crippen LogP contribution in [0, 0.1) is 11.8 Å². The maximum Gasteiger partial charge on any atom is 0.264 e. The van der Waals surface area contributed by atoms with Crippen LogP contribution in [-0.4, -0.2) is 32.0 Å². The summed E-state index contributed by atoms with van der Waals surface area (Å²) in [7, 11) is -3.18. The van der Waals surface area contributed by atoms with E-state index in [4.69, 9.17) is 0 Å². The number of amides is 2. The van der Waals surface area contributed by atoms with Crippen molar-refractivity contribution in [2.24, 2.45) is 0 Å². The topological polar surface area (TPSA) is 108 Å². The van der Waals surface area contributed by atoms with Gasteiger partial charge in [-0.2, -0.15) is 0 Å². The molecule has 2 amide bonds. The molecule has 3 aromatic rings. The minimum absolute atomic E-state index is 0.103. The molecule has 8 heteroatoms. The quantitative estimate of drug-likeness (QED) is 0.433. The molecule has 0 fully saturated rings. The van der Waals surface area contributed by atoms with Gasteiger partial charge in [-0.25, -0.2) is 4.21 Å². The van der Waals surface area contributed by atoms with Crippen LogP contribution < -0.4 is 10.0 Å². The Balaban J connectivity index is 1.79. The Morgan fingerprint density at radius 2 is 1.77 bits per heavy atom. The van der Waals surface area contributed by atoms with E-state index in [9.17, 15) is 18.9 Å². The van der Waals surface area contributed by atoms with E-state index in [0.29, 0.717) is 16.8 Å². The van der Waals surface area contributed by atoms with E-state index >= 15 is 0 Å². The summed E-state index contributed by atoms with van der Waals surface area (Å²) >= 11 is 0. The number of anilines is 1. The van der Waals surface area contributed by atoms with Gasteiger partial charge in [0.2, 0.25) is 5.91 Å². The molecule has 156 valence electrons. The summed E-state index contributed by atoms with van der Waals surface area (Å²) in [5.41, 5.74) is 1.69. The van der Waals surface area contributed by atoms with Crippen LogP contribution in [-0.2, 0) is 14.5 Å². The van der Waals surface area contributed by atoms with E-state index in [-0.39, 0.29) is 22.1 Å². The number of rotatable bonds is 4. The molecule has 31 heavy (non-hydrogen) atoms. The molecule has 0 saturated carbocycles. The zero-order valence-corrected chi connectivity index (χ0v) is 17.4. The summed E-state index contributed by atoms with van der Waals surface area (Å²) in [5.74, 6) is 8.60. The van der Waals surface area contributed by atoms with Gasteiger partial charge in [-0.05, 0) is 48.3 Å². The second kappa shape index (κ2) is 9.15. The summed E-state index contributed by atoms with van der Waals surface area (Å²) in [4.78, 5) is 28.2.